The standard InChI is InChI=1S/C19H25N5O/c25-19(22-16-6-7-18-21-9-11-24(18)14-16)17-5-1-2-10-23(17)13-15-4-3-8-20-12-15/h3-4,8-9,11-12,16-17H,1-2,5-7,10,13-14H2,(H,22,25)/t16-,17+/m1/s1. The van der Waals surface area contributed by atoms with Crippen LogP contribution >= 0.6 is 0 Å². The average Bonchev–Trinajstić information content (AvgIpc) is 3.11. The van der Waals surface area contributed by atoms with Crippen LogP contribution in [0.3, 0.4) is 0 Å². The minimum atomic E-state index is -0.0295. The monoisotopic (exact) mass is 339 g/mol. The van der Waals surface area contributed by atoms with E-state index in [1.54, 1.807) is 6.20 Å². The summed E-state index contributed by atoms with van der Waals surface area (Å²) in [5.41, 5.74) is 1.17. The molecule has 4 heterocycles. The first kappa shape index (κ1) is 16.3. The van der Waals surface area contributed by atoms with Gasteiger partial charge >= 0.3 is 0 Å². The Morgan fingerprint density at radius 3 is 3.12 bits per heavy atom. The van der Waals surface area contributed by atoms with Crippen molar-refractivity contribution in [3.63, 3.8) is 0 Å². The second kappa shape index (κ2) is 7.35. The minimum absolute atomic E-state index is 0.0295. The number of carbonyl (C=O) groups excluding carboxylic acids is 1. The number of rotatable bonds is 4. The van der Waals surface area contributed by atoms with Crippen LogP contribution in [0.25, 0.3) is 0 Å². The molecule has 2 aliphatic rings. The summed E-state index contributed by atoms with van der Waals surface area (Å²) in [6.45, 7) is 2.60. The first-order valence-electron chi connectivity index (χ1n) is 9.23. The number of hydrogen-bond acceptors (Lipinski definition) is 4. The highest BCUT2D eigenvalue weighted by molar-refractivity contribution is 5.82. The van der Waals surface area contributed by atoms with Gasteiger partial charge in [-0.15, -0.1) is 0 Å². The second-order valence-corrected chi connectivity index (χ2v) is 7.08. The molecule has 0 aliphatic carbocycles. The lowest BCUT2D eigenvalue weighted by Gasteiger charge is -2.36. The van der Waals surface area contributed by atoms with Gasteiger partial charge in [-0.05, 0) is 37.4 Å². The molecule has 25 heavy (non-hydrogen) atoms. The predicted molar refractivity (Wildman–Crippen MR) is 94.8 cm³/mol. The summed E-state index contributed by atoms with van der Waals surface area (Å²) < 4.78 is 2.16. The van der Waals surface area contributed by atoms with Gasteiger partial charge in [-0.2, -0.15) is 0 Å². The topological polar surface area (TPSA) is 63.1 Å². The number of imidazole rings is 1. The first-order valence-corrected chi connectivity index (χ1v) is 9.23. The van der Waals surface area contributed by atoms with Crippen LogP contribution in [0.15, 0.2) is 36.9 Å². The van der Waals surface area contributed by atoms with E-state index in [0.717, 1.165) is 57.6 Å². The Kier molecular flexibility index (Phi) is 4.78. The van der Waals surface area contributed by atoms with Crippen LogP contribution in [0.4, 0.5) is 0 Å². The molecule has 132 valence electrons. The molecule has 1 N–H and O–H groups in total. The fourth-order valence-corrected chi connectivity index (χ4v) is 3.98. The summed E-state index contributed by atoms with van der Waals surface area (Å²) in [5, 5.41) is 3.29. The molecular weight excluding hydrogens is 314 g/mol. The van der Waals surface area contributed by atoms with Gasteiger partial charge in [-0.25, -0.2) is 4.98 Å². The number of nitrogens with zero attached hydrogens (tertiary/aromatic N) is 4. The predicted octanol–water partition coefficient (Wildman–Crippen LogP) is 1.76. The molecule has 6 heteroatoms. The SMILES string of the molecule is O=C(N[C@@H]1CCc2nccn2C1)[C@@H]1CCCCN1Cc1cccnc1. The van der Waals surface area contributed by atoms with E-state index >= 15 is 0 Å². The smallest absolute Gasteiger partial charge is 0.237 e. The number of likely N-dealkylation sites (tertiary alicyclic amines) is 1. The molecule has 0 bridgehead atoms. The van der Waals surface area contributed by atoms with Crippen molar-refractivity contribution in [1.29, 1.82) is 0 Å². The van der Waals surface area contributed by atoms with Crippen LogP contribution in [0, 0.1) is 0 Å². The Balaban J connectivity index is 1.39. The number of aromatic nitrogens is 3. The highest BCUT2D eigenvalue weighted by Gasteiger charge is 2.30. The van der Waals surface area contributed by atoms with Crippen molar-refractivity contribution >= 4 is 5.91 Å². The highest BCUT2D eigenvalue weighted by atomic mass is 16.2. The van der Waals surface area contributed by atoms with Gasteiger partial charge in [0.25, 0.3) is 0 Å². The van der Waals surface area contributed by atoms with Gasteiger partial charge in [-0.3, -0.25) is 14.7 Å². The Hall–Kier alpha value is -2.21. The lowest BCUT2D eigenvalue weighted by atomic mass is 9.99. The summed E-state index contributed by atoms with van der Waals surface area (Å²) in [5.74, 6) is 1.30. The summed E-state index contributed by atoms with van der Waals surface area (Å²) in [7, 11) is 0. The van der Waals surface area contributed by atoms with E-state index in [4.69, 9.17) is 0 Å². The summed E-state index contributed by atoms with van der Waals surface area (Å²) in [6.07, 6.45) is 12.7. The molecule has 2 aromatic rings. The van der Waals surface area contributed by atoms with E-state index in [2.05, 4.69) is 30.8 Å². The van der Waals surface area contributed by atoms with E-state index in [9.17, 15) is 4.79 Å². The van der Waals surface area contributed by atoms with Crippen LogP contribution in [0.2, 0.25) is 0 Å². The van der Waals surface area contributed by atoms with Crippen LogP contribution in [-0.4, -0.2) is 44.0 Å². The Morgan fingerprint density at radius 1 is 1.28 bits per heavy atom. The molecule has 0 saturated carbocycles. The van der Waals surface area contributed by atoms with E-state index in [0.29, 0.717) is 0 Å². The second-order valence-electron chi connectivity index (χ2n) is 7.08. The normalized spacial score (nSPS) is 23.8. The highest BCUT2D eigenvalue weighted by Crippen LogP contribution is 2.21. The fourth-order valence-electron chi connectivity index (χ4n) is 3.98. The molecule has 0 aromatic carbocycles. The molecule has 2 aromatic heterocycles. The van der Waals surface area contributed by atoms with E-state index in [1.165, 1.54) is 5.56 Å². The first-order chi connectivity index (χ1) is 12.3. The Bertz CT molecular complexity index is 714. The zero-order valence-corrected chi connectivity index (χ0v) is 14.5. The van der Waals surface area contributed by atoms with Crippen molar-refractivity contribution in [2.45, 2.75) is 57.3 Å². The van der Waals surface area contributed by atoms with Gasteiger partial charge in [0.15, 0.2) is 0 Å². The molecular formula is C19H25N5O. The third kappa shape index (κ3) is 3.74. The van der Waals surface area contributed by atoms with Gasteiger partial charge in [0.2, 0.25) is 5.91 Å². The number of fused-ring (bicyclic) bond motifs is 1. The van der Waals surface area contributed by atoms with Crippen molar-refractivity contribution in [3.8, 4) is 0 Å². The maximum atomic E-state index is 12.9. The minimum Gasteiger partial charge on any atom is -0.350 e. The quantitative estimate of drug-likeness (QED) is 0.922. The van der Waals surface area contributed by atoms with Crippen molar-refractivity contribution < 1.29 is 4.79 Å². The molecule has 6 nitrogen and oxygen atoms in total. The van der Waals surface area contributed by atoms with Gasteiger partial charge in [0, 0.05) is 50.3 Å². The number of carbonyl (C=O) groups is 1. The Morgan fingerprint density at radius 2 is 2.24 bits per heavy atom. The van der Waals surface area contributed by atoms with Crippen molar-refractivity contribution in [2.75, 3.05) is 6.54 Å². The van der Waals surface area contributed by atoms with Crippen LogP contribution in [0.5, 0.6) is 0 Å². The van der Waals surface area contributed by atoms with Gasteiger partial charge in [0.05, 0.1) is 6.04 Å². The zero-order valence-electron chi connectivity index (χ0n) is 14.5. The molecule has 2 aliphatic heterocycles. The average molecular weight is 339 g/mol. The van der Waals surface area contributed by atoms with Crippen LogP contribution in [0.1, 0.15) is 37.1 Å². The number of piperidine rings is 1. The van der Waals surface area contributed by atoms with Gasteiger partial charge < -0.3 is 9.88 Å². The van der Waals surface area contributed by atoms with Crippen molar-refractivity contribution in [1.82, 2.24) is 24.8 Å². The largest absolute Gasteiger partial charge is 0.350 e. The summed E-state index contributed by atoms with van der Waals surface area (Å²) in [4.78, 5) is 23.8. The molecule has 0 unspecified atom stereocenters. The van der Waals surface area contributed by atoms with Gasteiger partial charge in [-0.1, -0.05) is 12.5 Å². The molecule has 1 amide bonds. The van der Waals surface area contributed by atoms with E-state index in [1.807, 2.05) is 24.7 Å². The van der Waals surface area contributed by atoms with Crippen LogP contribution < -0.4 is 5.32 Å². The maximum absolute atomic E-state index is 12.9. The van der Waals surface area contributed by atoms with Crippen molar-refractivity contribution in [3.05, 3.63) is 48.3 Å². The molecule has 4 rings (SSSR count). The van der Waals surface area contributed by atoms with Crippen LogP contribution in [-0.2, 0) is 24.3 Å². The zero-order chi connectivity index (χ0) is 17.1. The molecule has 1 saturated heterocycles. The number of hydrogen-bond donors (Lipinski definition) is 1. The number of aryl methyl sites for hydroxylation is 1. The van der Waals surface area contributed by atoms with Gasteiger partial charge in [0.1, 0.15) is 5.82 Å². The summed E-state index contributed by atoms with van der Waals surface area (Å²) >= 11 is 0. The Labute approximate surface area is 148 Å². The summed E-state index contributed by atoms with van der Waals surface area (Å²) in [6, 6.07) is 4.21. The molecule has 0 spiro atoms. The number of nitrogens with one attached hydrogen (secondary N) is 1. The molecule has 2 atom stereocenters. The lowest BCUT2D eigenvalue weighted by Crippen LogP contribution is -2.52. The van der Waals surface area contributed by atoms with E-state index in [-0.39, 0.29) is 18.0 Å². The van der Waals surface area contributed by atoms with Crippen molar-refractivity contribution in [2.24, 2.45) is 0 Å². The molecule has 0 radical (unpaired) electrons. The maximum Gasteiger partial charge on any atom is 0.237 e. The molecule has 1 fully saturated rings. The lowest BCUT2D eigenvalue weighted by molar-refractivity contribution is -0.128. The number of amides is 1. The fraction of sp³-hybridized carbons (Fsp3) is 0.526. The van der Waals surface area contributed by atoms with E-state index < -0.39 is 0 Å². The third-order valence-corrected chi connectivity index (χ3v) is 5.31. The third-order valence-electron chi connectivity index (χ3n) is 5.31. The number of pyridine rings is 1.